The van der Waals surface area contributed by atoms with Crippen molar-refractivity contribution in [2.45, 2.75) is 31.4 Å². The van der Waals surface area contributed by atoms with E-state index in [0.29, 0.717) is 11.1 Å². The van der Waals surface area contributed by atoms with E-state index in [-0.39, 0.29) is 6.61 Å². The lowest BCUT2D eigenvalue weighted by molar-refractivity contribution is 0.250. The summed E-state index contributed by atoms with van der Waals surface area (Å²) in [6.45, 7) is 4.30. The van der Waals surface area contributed by atoms with Gasteiger partial charge in [-0.25, -0.2) is 0 Å². The number of hydrogen-bond acceptors (Lipinski definition) is 5. The van der Waals surface area contributed by atoms with Crippen molar-refractivity contribution in [1.29, 1.82) is 0 Å². The molecule has 3 aromatic rings. The standard InChI is InChI=1S/C18H17ClN2O2S/c1-12-3-4-13(2)16(9-12)22-10-17-20-21-18(23-17)24-11-14-5-7-15(19)8-6-14/h3-9H,10-11H2,1-2H3. The molecule has 124 valence electrons. The Morgan fingerprint density at radius 2 is 1.88 bits per heavy atom. The molecule has 0 aliphatic rings. The van der Waals surface area contributed by atoms with Crippen molar-refractivity contribution in [3.63, 3.8) is 0 Å². The van der Waals surface area contributed by atoms with Crippen LogP contribution in [-0.4, -0.2) is 10.2 Å². The van der Waals surface area contributed by atoms with Crippen molar-refractivity contribution in [2.24, 2.45) is 0 Å². The van der Waals surface area contributed by atoms with Gasteiger partial charge in [-0.15, -0.1) is 10.2 Å². The molecule has 3 rings (SSSR count). The Morgan fingerprint density at radius 1 is 1.08 bits per heavy atom. The highest BCUT2D eigenvalue weighted by molar-refractivity contribution is 7.98. The van der Waals surface area contributed by atoms with E-state index in [4.69, 9.17) is 20.8 Å². The molecule has 0 radical (unpaired) electrons. The molecule has 0 amide bonds. The first-order valence-electron chi connectivity index (χ1n) is 7.50. The largest absolute Gasteiger partial charge is 0.484 e. The van der Waals surface area contributed by atoms with Crippen LogP contribution >= 0.6 is 23.4 Å². The topological polar surface area (TPSA) is 48.2 Å². The van der Waals surface area contributed by atoms with E-state index in [2.05, 4.69) is 16.3 Å². The summed E-state index contributed by atoms with van der Waals surface area (Å²) in [5, 5.41) is 9.33. The van der Waals surface area contributed by atoms with Gasteiger partial charge >= 0.3 is 0 Å². The maximum Gasteiger partial charge on any atom is 0.277 e. The predicted molar refractivity (Wildman–Crippen MR) is 95.6 cm³/mol. The zero-order chi connectivity index (χ0) is 16.9. The number of benzene rings is 2. The van der Waals surface area contributed by atoms with Crippen LogP contribution in [0.25, 0.3) is 0 Å². The zero-order valence-electron chi connectivity index (χ0n) is 13.5. The third kappa shape index (κ3) is 4.52. The van der Waals surface area contributed by atoms with Crippen LogP contribution < -0.4 is 4.74 Å². The van der Waals surface area contributed by atoms with Gasteiger partial charge in [0, 0.05) is 10.8 Å². The molecule has 24 heavy (non-hydrogen) atoms. The number of hydrogen-bond donors (Lipinski definition) is 0. The van der Waals surface area contributed by atoms with E-state index in [0.717, 1.165) is 33.2 Å². The summed E-state index contributed by atoms with van der Waals surface area (Å²) in [7, 11) is 0. The fourth-order valence-electron chi connectivity index (χ4n) is 2.08. The first-order chi connectivity index (χ1) is 11.6. The van der Waals surface area contributed by atoms with Gasteiger partial charge < -0.3 is 9.15 Å². The van der Waals surface area contributed by atoms with Crippen LogP contribution in [0.15, 0.2) is 52.1 Å². The van der Waals surface area contributed by atoms with E-state index in [1.807, 2.05) is 50.2 Å². The molecule has 0 fully saturated rings. The Labute approximate surface area is 150 Å². The molecule has 4 nitrogen and oxygen atoms in total. The van der Waals surface area contributed by atoms with E-state index < -0.39 is 0 Å². The van der Waals surface area contributed by atoms with Gasteiger partial charge in [-0.05, 0) is 48.7 Å². The van der Waals surface area contributed by atoms with Crippen molar-refractivity contribution in [3.05, 3.63) is 70.1 Å². The number of thioether (sulfide) groups is 1. The molecule has 0 aliphatic carbocycles. The fourth-order valence-corrected chi connectivity index (χ4v) is 2.95. The van der Waals surface area contributed by atoms with Crippen LogP contribution in [0.1, 0.15) is 22.6 Å². The lowest BCUT2D eigenvalue weighted by atomic mass is 10.1. The third-order valence-corrected chi connectivity index (χ3v) is 4.56. The van der Waals surface area contributed by atoms with Crippen LogP contribution in [0.5, 0.6) is 5.75 Å². The minimum atomic E-state index is 0.263. The van der Waals surface area contributed by atoms with Crippen LogP contribution in [0.4, 0.5) is 0 Å². The average Bonchev–Trinajstić information content (AvgIpc) is 3.03. The van der Waals surface area contributed by atoms with E-state index in [9.17, 15) is 0 Å². The van der Waals surface area contributed by atoms with Gasteiger partial charge in [0.05, 0.1) is 0 Å². The summed E-state index contributed by atoms with van der Waals surface area (Å²) >= 11 is 7.37. The lowest BCUT2D eigenvalue weighted by Gasteiger charge is -2.07. The molecule has 0 saturated heterocycles. The van der Waals surface area contributed by atoms with Crippen LogP contribution in [-0.2, 0) is 12.4 Å². The van der Waals surface area contributed by atoms with Gasteiger partial charge in [0.15, 0.2) is 6.61 Å². The molecule has 1 heterocycles. The van der Waals surface area contributed by atoms with E-state index in [1.54, 1.807) is 0 Å². The van der Waals surface area contributed by atoms with Gasteiger partial charge in [0.25, 0.3) is 11.1 Å². The Kier molecular flexibility index (Phi) is 5.43. The SMILES string of the molecule is Cc1ccc(C)c(OCc2nnc(SCc3ccc(Cl)cc3)o2)c1. The maximum absolute atomic E-state index is 5.88. The summed E-state index contributed by atoms with van der Waals surface area (Å²) in [6.07, 6.45) is 0. The second kappa shape index (κ2) is 7.73. The molecule has 6 heteroatoms. The minimum absolute atomic E-state index is 0.263. The molecular weight excluding hydrogens is 344 g/mol. The zero-order valence-corrected chi connectivity index (χ0v) is 15.0. The number of ether oxygens (including phenoxy) is 1. The first kappa shape index (κ1) is 16.9. The van der Waals surface area contributed by atoms with Crippen molar-refractivity contribution in [2.75, 3.05) is 0 Å². The predicted octanol–water partition coefficient (Wildman–Crippen LogP) is 5.21. The minimum Gasteiger partial charge on any atom is -0.484 e. The average molecular weight is 361 g/mol. The fraction of sp³-hybridized carbons (Fsp3) is 0.222. The number of aromatic nitrogens is 2. The first-order valence-corrected chi connectivity index (χ1v) is 8.86. The summed E-state index contributed by atoms with van der Waals surface area (Å²) in [5.74, 6) is 2.05. The smallest absolute Gasteiger partial charge is 0.277 e. The van der Waals surface area contributed by atoms with Gasteiger partial charge in [0.1, 0.15) is 5.75 Å². The van der Waals surface area contributed by atoms with Crippen molar-refractivity contribution >= 4 is 23.4 Å². The Hall–Kier alpha value is -1.98. The number of nitrogens with zero attached hydrogens (tertiary/aromatic N) is 2. The second-order valence-corrected chi connectivity index (χ2v) is 6.80. The quantitative estimate of drug-likeness (QED) is 0.564. The van der Waals surface area contributed by atoms with Gasteiger partial charge in [-0.3, -0.25) is 0 Å². The van der Waals surface area contributed by atoms with Gasteiger partial charge in [0.2, 0.25) is 0 Å². The summed E-state index contributed by atoms with van der Waals surface area (Å²) in [6, 6.07) is 13.8. The number of rotatable bonds is 6. The van der Waals surface area contributed by atoms with E-state index in [1.165, 1.54) is 11.8 Å². The highest BCUT2D eigenvalue weighted by Crippen LogP contribution is 2.24. The molecule has 0 aliphatic heterocycles. The molecule has 0 atom stereocenters. The molecule has 1 aromatic heterocycles. The molecule has 0 spiro atoms. The van der Waals surface area contributed by atoms with E-state index >= 15 is 0 Å². The highest BCUT2D eigenvalue weighted by atomic mass is 35.5. The van der Waals surface area contributed by atoms with Crippen molar-refractivity contribution in [1.82, 2.24) is 10.2 Å². The molecular formula is C18H17ClN2O2S. The van der Waals surface area contributed by atoms with Gasteiger partial charge in [-0.1, -0.05) is 47.6 Å². The highest BCUT2D eigenvalue weighted by Gasteiger charge is 2.09. The second-order valence-electron chi connectivity index (χ2n) is 5.43. The molecule has 2 aromatic carbocycles. The Morgan fingerprint density at radius 3 is 2.67 bits per heavy atom. The van der Waals surface area contributed by atoms with Crippen LogP contribution in [0, 0.1) is 13.8 Å². The van der Waals surface area contributed by atoms with Crippen LogP contribution in [0.3, 0.4) is 0 Å². The van der Waals surface area contributed by atoms with Crippen LogP contribution in [0.2, 0.25) is 5.02 Å². The summed E-state index contributed by atoms with van der Waals surface area (Å²) in [4.78, 5) is 0. The van der Waals surface area contributed by atoms with Crippen molar-refractivity contribution in [3.8, 4) is 5.75 Å². The number of aryl methyl sites for hydroxylation is 2. The van der Waals surface area contributed by atoms with Crippen molar-refractivity contribution < 1.29 is 9.15 Å². The number of halogens is 1. The monoisotopic (exact) mass is 360 g/mol. The summed E-state index contributed by atoms with van der Waals surface area (Å²) < 4.78 is 11.4. The molecule has 0 unspecified atom stereocenters. The maximum atomic E-state index is 5.88. The normalized spacial score (nSPS) is 10.8. The molecule has 0 bridgehead atoms. The molecule has 0 N–H and O–H groups in total. The lowest BCUT2D eigenvalue weighted by Crippen LogP contribution is -1.97. The Balaban J connectivity index is 1.55. The van der Waals surface area contributed by atoms with Gasteiger partial charge in [-0.2, -0.15) is 0 Å². The summed E-state index contributed by atoms with van der Waals surface area (Å²) in [5.41, 5.74) is 3.38. The third-order valence-electron chi connectivity index (χ3n) is 3.42. The molecule has 0 saturated carbocycles. The Bertz CT molecular complexity index is 818.